The highest BCUT2D eigenvalue weighted by Crippen LogP contribution is 2.43. The summed E-state index contributed by atoms with van der Waals surface area (Å²) in [6.45, 7) is 0.519. The van der Waals surface area contributed by atoms with Crippen LogP contribution in [0.15, 0.2) is 113 Å². The lowest BCUT2D eigenvalue weighted by Crippen LogP contribution is -2.19. The second-order valence-corrected chi connectivity index (χ2v) is 10.0. The second kappa shape index (κ2) is 10.1. The van der Waals surface area contributed by atoms with Crippen molar-refractivity contribution in [1.82, 2.24) is 4.98 Å². The topological polar surface area (TPSA) is 37.7 Å². The van der Waals surface area contributed by atoms with Gasteiger partial charge in [-0.1, -0.05) is 90.5 Å². The first-order valence-electron chi connectivity index (χ1n) is 11.9. The molecular weight excluding hydrogens is 486 g/mol. The smallest absolute Gasteiger partial charge is 0.207 e. The maximum atomic E-state index is 6.33. The van der Waals surface area contributed by atoms with E-state index in [1.54, 1.807) is 11.3 Å². The van der Waals surface area contributed by atoms with Crippen LogP contribution in [0.4, 0.5) is 5.13 Å². The van der Waals surface area contributed by atoms with Crippen molar-refractivity contribution in [2.75, 3.05) is 5.01 Å². The Labute approximate surface area is 219 Å². The van der Waals surface area contributed by atoms with Gasteiger partial charge in [-0.25, -0.2) is 9.99 Å². The van der Waals surface area contributed by atoms with E-state index in [1.807, 2.05) is 54.6 Å². The quantitative estimate of drug-likeness (QED) is 0.252. The van der Waals surface area contributed by atoms with Gasteiger partial charge < -0.3 is 4.74 Å². The lowest BCUT2D eigenvalue weighted by Gasteiger charge is -2.23. The highest BCUT2D eigenvalue weighted by atomic mass is 35.5. The summed E-state index contributed by atoms with van der Waals surface area (Å²) in [7, 11) is 0. The summed E-state index contributed by atoms with van der Waals surface area (Å²) in [5.41, 5.74) is 6.58. The van der Waals surface area contributed by atoms with Crippen molar-refractivity contribution in [2.45, 2.75) is 25.5 Å². The van der Waals surface area contributed by atoms with Gasteiger partial charge in [0.25, 0.3) is 0 Å². The van der Waals surface area contributed by atoms with Crippen molar-refractivity contribution < 1.29 is 4.74 Å². The van der Waals surface area contributed by atoms with Crippen LogP contribution in [0.2, 0.25) is 5.02 Å². The minimum absolute atomic E-state index is 0.00214. The molecule has 2 heterocycles. The zero-order chi connectivity index (χ0) is 24.3. The summed E-state index contributed by atoms with van der Waals surface area (Å²) in [5.74, 6) is 0.876. The number of hydrogen-bond acceptors (Lipinski definition) is 5. The van der Waals surface area contributed by atoms with Gasteiger partial charge in [0.1, 0.15) is 12.4 Å². The fourth-order valence-corrected chi connectivity index (χ4v) is 5.49. The number of hydrogen-bond donors (Lipinski definition) is 0. The Morgan fingerprint density at radius 3 is 2.58 bits per heavy atom. The SMILES string of the molecule is Clc1ccc(-c2csc(N3N=C(C4=CC=CC4)CC3c3ccccc3OCc3ccccc3)n2)cc1. The number of thiazole rings is 1. The Morgan fingerprint density at radius 2 is 1.78 bits per heavy atom. The van der Waals surface area contributed by atoms with Crippen LogP contribution in [0, 0.1) is 0 Å². The number of rotatable bonds is 7. The largest absolute Gasteiger partial charge is 0.489 e. The molecule has 0 radical (unpaired) electrons. The highest BCUT2D eigenvalue weighted by molar-refractivity contribution is 7.14. The van der Waals surface area contributed by atoms with Gasteiger partial charge in [0.2, 0.25) is 5.13 Å². The van der Waals surface area contributed by atoms with E-state index in [4.69, 9.17) is 26.4 Å². The molecule has 0 saturated heterocycles. The molecule has 6 rings (SSSR count). The zero-order valence-corrected chi connectivity index (χ0v) is 21.1. The number of para-hydroxylation sites is 1. The fraction of sp³-hybridized carbons (Fsp3) is 0.133. The van der Waals surface area contributed by atoms with Gasteiger partial charge in [-0.05, 0) is 35.8 Å². The van der Waals surface area contributed by atoms with E-state index in [2.05, 4.69) is 52.9 Å². The Morgan fingerprint density at radius 1 is 0.972 bits per heavy atom. The number of aromatic nitrogens is 1. The first-order chi connectivity index (χ1) is 17.7. The molecule has 4 aromatic rings. The van der Waals surface area contributed by atoms with E-state index >= 15 is 0 Å². The monoisotopic (exact) mass is 509 g/mol. The second-order valence-electron chi connectivity index (χ2n) is 8.77. The lowest BCUT2D eigenvalue weighted by atomic mass is 9.97. The zero-order valence-electron chi connectivity index (χ0n) is 19.5. The van der Waals surface area contributed by atoms with Crippen molar-refractivity contribution in [3.8, 4) is 17.0 Å². The van der Waals surface area contributed by atoms with Crippen LogP contribution < -0.4 is 9.75 Å². The molecule has 1 aromatic heterocycles. The number of anilines is 1. The minimum atomic E-state index is -0.00214. The van der Waals surface area contributed by atoms with E-state index in [0.29, 0.717) is 11.6 Å². The first-order valence-corrected chi connectivity index (χ1v) is 13.2. The van der Waals surface area contributed by atoms with Gasteiger partial charge in [-0.3, -0.25) is 0 Å². The van der Waals surface area contributed by atoms with Gasteiger partial charge in [0, 0.05) is 28.0 Å². The van der Waals surface area contributed by atoms with Crippen molar-refractivity contribution in [2.24, 2.45) is 5.10 Å². The van der Waals surface area contributed by atoms with E-state index in [9.17, 15) is 0 Å². The van der Waals surface area contributed by atoms with Crippen LogP contribution >= 0.6 is 22.9 Å². The summed E-state index contributed by atoms with van der Waals surface area (Å²) in [6, 6.07) is 26.3. The van der Waals surface area contributed by atoms with Gasteiger partial charge in [-0.15, -0.1) is 11.3 Å². The third kappa shape index (κ3) is 4.72. The molecule has 36 heavy (non-hydrogen) atoms. The standard InChI is InChI=1S/C30H24ClN3OS/c31-24-16-14-23(15-17-24)27-20-36-30(32-27)34-28(18-26(33-34)22-10-4-5-11-22)25-12-6-7-13-29(25)35-19-21-8-2-1-3-9-21/h1-10,12-17,20,28H,11,18-19H2. The van der Waals surface area contributed by atoms with Gasteiger partial charge in [0.05, 0.1) is 17.4 Å². The average Bonchev–Trinajstić information content (AvgIpc) is 3.69. The van der Waals surface area contributed by atoms with Crippen LogP contribution in [0.3, 0.4) is 0 Å². The van der Waals surface area contributed by atoms with E-state index < -0.39 is 0 Å². The van der Waals surface area contributed by atoms with Crippen molar-refractivity contribution in [3.05, 3.63) is 124 Å². The third-order valence-electron chi connectivity index (χ3n) is 6.40. The summed E-state index contributed by atoms with van der Waals surface area (Å²) >= 11 is 7.69. The Hall–Kier alpha value is -3.67. The molecule has 2 aliphatic rings. The predicted molar refractivity (Wildman–Crippen MR) is 149 cm³/mol. The van der Waals surface area contributed by atoms with Crippen LogP contribution in [-0.4, -0.2) is 10.7 Å². The minimum Gasteiger partial charge on any atom is -0.489 e. The van der Waals surface area contributed by atoms with Gasteiger partial charge >= 0.3 is 0 Å². The maximum Gasteiger partial charge on any atom is 0.207 e. The van der Waals surface area contributed by atoms with Gasteiger partial charge in [-0.2, -0.15) is 5.10 Å². The lowest BCUT2D eigenvalue weighted by molar-refractivity contribution is 0.301. The van der Waals surface area contributed by atoms with Crippen molar-refractivity contribution >= 4 is 33.8 Å². The molecule has 0 bridgehead atoms. The summed E-state index contributed by atoms with van der Waals surface area (Å²) in [5, 5.41) is 10.8. The van der Waals surface area contributed by atoms with E-state index in [0.717, 1.165) is 51.8 Å². The molecule has 0 fully saturated rings. The molecule has 178 valence electrons. The summed E-state index contributed by atoms with van der Waals surface area (Å²) in [4.78, 5) is 4.97. The van der Waals surface area contributed by atoms with Crippen LogP contribution in [0.25, 0.3) is 11.3 Å². The Kier molecular flexibility index (Phi) is 6.41. The first kappa shape index (κ1) is 22.8. The Balaban J connectivity index is 1.33. The van der Waals surface area contributed by atoms with Crippen LogP contribution in [-0.2, 0) is 6.61 Å². The normalized spacial score (nSPS) is 16.8. The Bertz CT molecular complexity index is 1460. The number of nitrogens with zero attached hydrogens (tertiary/aromatic N) is 3. The molecule has 0 saturated carbocycles. The number of benzene rings is 3. The molecule has 1 aliphatic heterocycles. The fourth-order valence-electron chi connectivity index (χ4n) is 4.53. The number of ether oxygens (including phenoxy) is 1. The predicted octanol–water partition coefficient (Wildman–Crippen LogP) is 8.24. The van der Waals surface area contributed by atoms with Crippen LogP contribution in [0.1, 0.15) is 30.0 Å². The summed E-state index contributed by atoms with van der Waals surface area (Å²) < 4.78 is 6.33. The third-order valence-corrected chi connectivity index (χ3v) is 7.48. The maximum absolute atomic E-state index is 6.33. The van der Waals surface area contributed by atoms with Gasteiger partial charge in [0.15, 0.2) is 0 Å². The molecule has 0 spiro atoms. The van der Waals surface area contributed by atoms with E-state index in [-0.39, 0.29) is 6.04 Å². The highest BCUT2D eigenvalue weighted by Gasteiger charge is 2.34. The molecule has 1 atom stereocenters. The molecule has 4 nitrogen and oxygen atoms in total. The molecule has 6 heteroatoms. The van der Waals surface area contributed by atoms with Crippen molar-refractivity contribution in [1.29, 1.82) is 0 Å². The molecule has 0 N–H and O–H groups in total. The van der Waals surface area contributed by atoms with Crippen LogP contribution in [0.5, 0.6) is 5.75 Å². The molecule has 1 aliphatic carbocycles. The molecule has 0 amide bonds. The molecule has 1 unspecified atom stereocenters. The number of allylic oxidation sites excluding steroid dienone is 4. The number of hydrazone groups is 1. The average molecular weight is 510 g/mol. The molecular formula is C30H24ClN3OS. The van der Waals surface area contributed by atoms with E-state index in [1.165, 1.54) is 5.57 Å². The van der Waals surface area contributed by atoms with Crippen molar-refractivity contribution in [3.63, 3.8) is 0 Å². The number of halogens is 1. The molecule has 3 aromatic carbocycles. The summed E-state index contributed by atoms with van der Waals surface area (Å²) in [6.07, 6.45) is 8.16.